The summed E-state index contributed by atoms with van der Waals surface area (Å²) in [4.78, 5) is 12.1. The smallest absolute Gasteiger partial charge is 0.291 e. The fraction of sp³-hybridized carbons (Fsp3) is 0. The lowest BCUT2D eigenvalue weighted by molar-refractivity contribution is 0.0995. The third-order valence-corrected chi connectivity index (χ3v) is 3.75. The summed E-state index contributed by atoms with van der Waals surface area (Å²) in [5.74, 6) is 0.949. The second kappa shape index (κ2) is 6.40. The monoisotopic (exact) mass is 399 g/mol. The number of nitrogens with one attached hydrogen (secondary N) is 1. The molecule has 0 aliphatic rings. The lowest BCUT2D eigenvalue weighted by Gasteiger charge is -2.04. The Labute approximate surface area is 149 Å². The van der Waals surface area contributed by atoms with Gasteiger partial charge in [-0.25, -0.2) is 0 Å². The van der Waals surface area contributed by atoms with E-state index in [1.54, 1.807) is 48.5 Å². The van der Waals surface area contributed by atoms with E-state index in [2.05, 4.69) is 31.4 Å². The molecule has 1 aromatic carbocycles. The van der Waals surface area contributed by atoms with Crippen molar-refractivity contribution in [1.82, 2.24) is 10.2 Å². The van der Waals surface area contributed by atoms with E-state index in [9.17, 15) is 4.79 Å². The standard InChI is InChI=1S/C17H10BrN3O4/c18-14-7-6-12(24-14)15(22)19-11-4-1-3-10(9-11)16-20-21-17(25-16)13-5-2-8-23-13/h1-9H,(H,19,22). The van der Waals surface area contributed by atoms with Gasteiger partial charge in [0.2, 0.25) is 5.89 Å². The number of carbonyl (C=O) groups excluding carboxylic acids is 1. The van der Waals surface area contributed by atoms with Crippen LogP contribution in [0.3, 0.4) is 0 Å². The summed E-state index contributed by atoms with van der Waals surface area (Å²) in [6.45, 7) is 0. The van der Waals surface area contributed by atoms with Gasteiger partial charge in [0.1, 0.15) is 0 Å². The number of anilines is 1. The van der Waals surface area contributed by atoms with Crippen LogP contribution in [0.2, 0.25) is 0 Å². The van der Waals surface area contributed by atoms with Gasteiger partial charge in [0.25, 0.3) is 11.8 Å². The van der Waals surface area contributed by atoms with Crippen molar-refractivity contribution >= 4 is 27.5 Å². The van der Waals surface area contributed by atoms with E-state index in [4.69, 9.17) is 13.3 Å². The van der Waals surface area contributed by atoms with Crippen LogP contribution in [-0.4, -0.2) is 16.1 Å². The number of benzene rings is 1. The zero-order valence-corrected chi connectivity index (χ0v) is 14.2. The molecule has 0 saturated carbocycles. The maximum absolute atomic E-state index is 12.1. The number of rotatable bonds is 4. The van der Waals surface area contributed by atoms with Crippen LogP contribution < -0.4 is 5.32 Å². The highest BCUT2D eigenvalue weighted by molar-refractivity contribution is 9.10. The quantitative estimate of drug-likeness (QED) is 0.538. The highest BCUT2D eigenvalue weighted by Gasteiger charge is 2.14. The summed E-state index contributed by atoms with van der Waals surface area (Å²) in [7, 11) is 0. The molecule has 8 heteroatoms. The molecule has 1 amide bonds. The Balaban J connectivity index is 1.56. The first-order chi connectivity index (χ1) is 12.2. The molecule has 0 saturated heterocycles. The molecule has 124 valence electrons. The van der Waals surface area contributed by atoms with Gasteiger partial charge in [-0.2, -0.15) is 0 Å². The molecular weight excluding hydrogens is 390 g/mol. The molecule has 4 aromatic rings. The predicted octanol–water partition coefficient (Wildman–Crippen LogP) is 4.60. The van der Waals surface area contributed by atoms with Crippen molar-refractivity contribution in [2.24, 2.45) is 0 Å². The lowest BCUT2D eigenvalue weighted by Crippen LogP contribution is -2.10. The number of amides is 1. The first-order valence-corrected chi connectivity index (χ1v) is 8.03. The maximum Gasteiger partial charge on any atom is 0.291 e. The molecule has 3 aromatic heterocycles. The predicted molar refractivity (Wildman–Crippen MR) is 91.8 cm³/mol. The summed E-state index contributed by atoms with van der Waals surface area (Å²) in [6, 6.07) is 13.8. The van der Waals surface area contributed by atoms with E-state index in [0.29, 0.717) is 27.6 Å². The third-order valence-electron chi connectivity index (χ3n) is 3.32. The Morgan fingerprint density at radius 1 is 1.00 bits per heavy atom. The molecule has 0 bridgehead atoms. The summed E-state index contributed by atoms with van der Waals surface area (Å²) >= 11 is 3.16. The molecule has 7 nitrogen and oxygen atoms in total. The van der Waals surface area contributed by atoms with Crippen LogP contribution >= 0.6 is 15.9 Å². The van der Waals surface area contributed by atoms with Crippen molar-refractivity contribution in [3.05, 3.63) is 65.2 Å². The van der Waals surface area contributed by atoms with Crippen LogP contribution in [-0.2, 0) is 0 Å². The first kappa shape index (κ1) is 15.4. The van der Waals surface area contributed by atoms with Crippen molar-refractivity contribution in [3.8, 4) is 23.1 Å². The van der Waals surface area contributed by atoms with Crippen molar-refractivity contribution in [2.45, 2.75) is 0 Å². The molecule has 0 unspecified atom stereocenters. The fourth-order valence-corrected chi connectivity index (χ4v) is 2.51. The molecule has 3 heterocycles. The van der Waals surface area contributed by atoms with Crippen molar-refractivity contribution in [2.75, 3.05) is 5.32 Å². The van der Waals surface area contributed by atoms with Gasteiger partial charge in [0, 0.05) is 11.3 Å². The zero-order chi connectivity index (χ0) is 17.2. The van der Waals surface area contributed by atoms with Crippen molar-refractivity contribution in [1.29, 1.82) is 0 Å². The highest BCUT2D eigenvalue weighted by Crippen LogP contribution is 2.26. The van der Waals surface area contributed by atoms with Gasteiger partial charge < -0.3 is 18.6 Å². The molecule has 4 rings (SSSR count). The van der Waals surface area contributed by atoms with Gasteiger partial charge in [0.05, 0.1) is 6.26 Å². The van der Waals surface area contributed by atoms with Gasteiger partial charge in [-0.1, -0.05) is 6.07 Å². The number of aromatic nitrogens is 2. The van der Waals surface area contributed by atoms with Crippen molar-refractivity contribution < 1.29 is 18.0 Å². The van der Waals surface area contributed by atoms with Gasteiger partial charge in [0.15, 0.2) is 16.2 Å². The van der Waals surface area contributed by atoms with Crippen LogP contribution in [0.15, 0.2) is 72.7 Å². The zero-order valence-electron chi connectivity index (χ0n) is 12.6. The van der Waals surface area contributed by atoms with E-state index in [1.807, 2.05) is 0 Å². The van der Waals surface area contributed by atoms with Crippen LogP contribution in [0.25, 0.3) is 23.1 Å². The SMILES string of the molecule is O=C(Nc1cccc(-c2nnc(-c3ccco3)o2)c1)c1ccc(Br)o1. The third kappa shape index (κ3) is 3.24. The van der Waals surface area contributed by atoms with E-state index < -0.39 is 0 Å². The molecular formula is C17H10BrN3O4. The van der Waals surface area contributed by atoms with Gasteiger partial charge in [-0.05, 0) is 58.4 Å². The molecule has 0 spiro atoms. The molecule has 1 N–H and O–H groups in total. The topological polar surface area (TPSA) is 94.3 Å². The minimum Gasteiger partial charge on any atom is -0.459 e. The minimum absolute atomic E-state index is 0.204. The lowest BCUT2D eigenvalue weighted by atomic mass is 10.2. The van der Waals surface area contributed by atoms with E-state index in [1.165, 1.54) is 6.26 Å². The highest BCUT2D eigenvalue weighted by atomic mass is 79.9. The molecule has 0 fully saturated rings. The molecule has 0 aliphatic heterocycles. The summed E-state index contributed by atoms with van der Waals surface area (Å²) in [5.41, 5.74) is 1.25. The molecule has 25 heavy (non-hydrogen) atoms. The average Bonchev–Trinajstić information content (AvgIpc) is 3.36. The Kier molecular flexibility index (Phi) is 3.95. The fourth-order valence-electron chi connectivity index (χ4n) is 2.20. The Bertz CT molecular complexity index is 1020. The number of halogens is 1. The van der Waals surface area contributed by atoms with Gasteiger partial charge >= 0.3 is 0 Å². The Hall–Kier alpha value is -3.13. The summed E-state index contributed by atoms with van der Waals surface area (Å²) in [6.07, 6.45) is 1.53. The Morgan fingerprint density at radius 2 is 1.88 bits per heavy atom. The molecule has 0 radical (unpaired) electrons. The van der Waals surface area contributed by atoms with E-state index in [0.717, 1.165) is 0 Å². The number of carbonyl (C=O) groups is 1. The van der Waals surface area contributed by atoms with E-state index >= 15 is 0 Å². The maximum atomic E-state index is 12.1. The number of hydrogen-bond acceptors (Lipinski definition) is 6. The van der Waals surface area contributed by atoms with Crippen LogP contribution in [0.4, 0.5) is 5.69 Å². The van der Waals surface area contributed by atoms with Gasteiger partial charge in [-0.3, -0.25) is 4.79 Å². The molecule has 0 atom stereocenters. The van der Waals surface area contributed by atoms with Crippen LogP contribution in [0.1, 0.15) is 10.6 Å². The average molecular weight is 400 g/mol. The van der Waals surface area contributed by atoms with E-state index in [-0.39, 0.29) is 17.6 Å². The number of hydrogen-bond donors (Lipinski definition) is 1. The molecule has 0 aliphatic carbocycles. The van der Waals surface area contributed by atoms with Gasteiger partial charge in [-0.15, -0.1) is 10.2 Å². The first-order valence-electron chi connectivity index (χ1n) is 7.23. The number of nitrogens with zero attached hydrogens (tertiary/aromatic N) is 2. The Morgan fingerprint density at radius 3 is 2.64 bits per heavy atom. The largest absolute Gasteiger partial charge is 0.459 e. The summed E-state index contributed by atoms with van der Waals surface area (Å²) in [5, 5.41) is 10.7. The minimum atomic E-state index is -0.357. The summed E-state index contributed by atoms with van der Waals surface area (Å²) < 4.78 is 16.6. The van der Waals surface area contributed by atoms with Crippen LogP contribution in [0, 0.1) is 0 Å². The normalized spacial score (nSPS) is 10.8. The van der Waals surface area contributed by atoms with Crippen LogP contribution in [0.5, 0.6) is 0 Å². The second-order valence-electron chi connectivity index (χ2n) is 5.03. The second-order valence-corrected chi connectivity index (χ2v) is 5.81. The number of furan rings is 2. The van der Waals surface area contributed by atoms with Crippen molar-refractivity contribution in [3.63, 3.8) is 0 Å².